The molecule has 0 aliphatic heterocycles. The van der Waals surface area contributed by atoms with Crippen LogP contribution in [0.4, 0.5) is 0 Å². The van der Waals surface area contributed by atoms with Gasteiger partial charge in [0.15, 0.2) is 0 Å². The second kappa shape index (κ2) is 3.77. The molecule has 2 rings (SSSR count). The van der Waals surface area contributed by atoms with E-state index in [1.807, 2.05) is 0 Å². The molecule has 0 spiro atoms. The molecule has 2 saturated carbocycles. The van der Waals surface area contributed by atoms with Gasteiger partial charge in [-0.2, -0.15) is 0 Å². The Morgan fingerprint density at radius 3 is 2.73 bits per heavy atom. The maximum Gasteiger partial charge on any atom is 0.136 e. The molecule has 15 heavy (non-hydrogen) atoms. The van der Waals surface area contributed by atoms with Crippen molar-refractivity contribution in [1.29, 1.82) is 0 Å². The molecule has 2 atom stereocenters. The Morgan fingerprint density at radius 1 is 1.27 bits per heavy atom. The van der Waals surface area contributed by atoms with Crippen LogP contribution in [0.5, 0.6) is 0 Å². The molecule has 0 unspecified atom stereocenters. The fourth-order valence-electron chi connectivity index (χ4n) is 3.46. The van der Waals surface area contributed by atoms with Crippen molar-refractivity contribution < 1.29 is 4.79 Å². The molecule has 0 bridgehead atoms. The molecule has 0 aromatic carbocycles. The minimum Gasteiger partial charge on any atom is -0.299 e. The van der Waals surface area contributed by atoms with E-state index in [1.165, 1.54) is 12.0 Å². The third kappa shape index (κ3) is 2.32. The van der Waals surface area contributed by atoms with E-state index in [4.69, 9.17) is 0 Å². The maximum atomic E-state index is 12.0. The summed E-state index contributed by atoms with van der Waals surface area (Å²) in [4.78, 5) is 12.0. The molecular formula is C14H22O. The zero-order chi connectivity index (χ0) is 11.1. The molecular weight excluding hydrogens is 184 g/mol. The van der Waals surface area contributed by atoms with Crippen LogP contribution in [0.15, 0.2) is 12.2 Å². The minimum atomic E-state index is 0.344. The van der Waals surface area contributed by atoms with E-state index in [0.717, 1.165) is 32.1 Å². The zero-order valence-corrected chi connectivity index (χ0v) is 10.0. The summed E-state index contributed by atoms with van der Waals surface area (Å²) in [5.41, 5.74) is 1.74. The summed E-state index contributed by atoms with van der Waals surface area (Å²) in [7, 11) is 0. The van der Waals surface area contributed by atoms with E-state index < -0.39 is 0 Å². The molecule has 2 fully saturated rings. The first-order chi connectivity index (χ1) is 6.98. The second-order valence-electron chi connectivity index (χ2n) is 6.21. The van der Waals surface area contributed by atoms with Gasteiger partial charge in [0.1, 0.15) is 5.78 Å². The van der Waals surface area contributed by atoms with Crippen molar-refractivity contribution in [2.24, 2.45) is 17.3 Å². The van der Waals surface area contributed by atoms with E-state index >= 15 is 0 Å². The van der Waals surface area contributed by atoms with E-state index in [-0.39, 0.29) is 0 Å². The highest BCUT2D eigenvalue weighted by Crippen LogP contribution is 2.49. The number of carbonyl (C=O) groups excluding carboxylic acids is 1. The molecule has 1 nitrogen and oxygen atoms in total. The van der Waals surface area contributed by atoms with Gasteiger partial charge in [-0.05, 0) is 43.4 Å². The molecule has 2 aliphatic carbocycles. The van der Waals surface area contributed by atoms with Crippen LogP contribution in [0.25, 0.3) is 0 Å². The lowest BCUT2D eigenvalue weighted by molar-refractivity contribution is -0.124. The van der Waals surface area contributed by atoms with Gasteiger partial charge in [0.2, 0.25) is 0 Å². The average molecular weight is 206 g/mol. The zero-order valence-electron chi connectivity index (χ0n) is 10.0. The third-order valence-corrected chi connectivity index (χ3v) is 4.07. The van der Waals surface area contributed by atoms with Gasteiger partial charge in [-0.25, -0.2) is 0 Å². The molecule has 0 aromatic rings. The molecule has 84 valence electrons. The minimum absolute atomic E-state index is 0.344. The van der Waals surface area contributed by atoms with Gasteiger partial charge >= 0.3 is 0 Å². The van der Waals surface area contributed by atoms with Crippen LogP contribution in [0.3, 0.4) is 0 Å². The Morgan fingerprint density at radius 2 is 2.00 bits per heavy atom. The Bertz CT molecular complexity index is 288. The highest BCUT2D eigenvalue weighted by atomic mass is 16.1. The molecule has 2 aliphatic rings. The third-order valence-electron chi connectivity index (χ3n) is 4.07. The van der Waals surface area contributed by atoms with Gasteiger partial charge in [-0.1, -0.05) is 26.0 Å². The normalized spacial score (nSPS) is 35.9. The average Bonchev–Trinajstić information content (AvgIpc) is 2.39. The van der Waals surface area contributed by atoms with E-state index in [0.29, 0.717) is 23.0 Å². The van der Waals surface area contributed by atoms with Gasteiger partial charge in [0.05, 0.1) is 0 Å². The summed E-state index contributed by atoms with van der Waals surface area (Å²) < 4.78 is 0. The number of rotatable bonds is 0. The highest BCUT2D eigenvalue weighted by molar-refractivity contribution is 5.81. The van der Waals surface area contributed by atoms with Crippen LogP contribution in [-0.2, 0) is 4.79 Å². The number of fused-ring (bicyclic) bond motifs is 1. The number of hydrogen-bond donors (Lipinski definition) is 0. The SMILES string of the molecule is C=C1CCCC(=O)[C@H]2CC(C)(C)C[C@@H]2C1. The standard InChI is InChI=1S/C14H22O/c1-10-5-4-6-13(15)12-9-14(2,3)8-11(12)7-10/h11-12H,1,4-9H2,2-3H3/t11-,12-/m0/s1. The first kappa shape index (κ1) is 10.9. The van der Waals surface area contributed by atoms with Crippen LogP contribution in [-0.4, -0.2) is 5.78 Å². The molecule has 1 heteroatoms. The predicted molar refractivity (Wildman–Crippen MR) is 62.6 cm³/mol. The van der Waals surface area contributed by atoms with Crippen molar-refractivity contribution in [1.82, 2.24) is 0 Å². The molecule has 0 N–H and O–H groups in total. The lowest BCUT2D eigenvalue weighted by Gasteiger charge is -2.22. The Labute approximate surface area is 92.9 Å². The summed E-state index contributed by atoms with van der Waals surface area (Å²) in [5.74, 6) is 1.47. The van der Waals surface area contributed by atoms with Crippen LogP contribution >= 0.6 is 0 Å². The molecule has 0 aromatic heterocycles. The number of ketones is 1. The Kier molecular flexibility index (Phi) is 2.74. The van der Waals surface area contributed by atoms with Crippen molar-refractivity contribution >= 4 is 5.78 Å². The number of carbonyl (C=O) groups is 1. The van der Waals surface area contributed by atoms with Gasteiger partial charge in [0.25, 0.3) is 0 Å². The van der Waals surface area contributed by atoms with Crippen LogP contribution < -0.4 is 0 Å². The highest BCUT2D eigenvalue weighted by Gasteiger charge is 2.42. The van der Waals surface area contributed by atoms with Gasteiger partial charge in [-0.3, -0.25) is 4.79 Å². The van der Waals surface area contributed by atoms with E-state index in [2.05, 4.69) is 20.4 Å². The molecule has 0 saturated heterocycles. The van der Waals surface area contributed by atoms with Gasteiger partial charge in [-0.15, -0.1) is 0 Å². The maximum absolute atomic E-state index is 12.0. The Balaban J connectivity index is 2.16. The predicted octanol–water partition coefficient (Wildman–Crippen LogP) is 3.74. The fraction of sp³-hybridized carbons (Fsp3) is 0.786. The van der Waals surface area contributed by atoms with Crippen LogP contribution in [0.2, 0.25) is 0 Å². The molecule has 0 amide bonds. The first-order valence-electron chi connectivity index (χ1n) is 6.17. The number of hydrogen-bond acceptors (Lipinski definition) is 1. The van der Waals surface area contributed by atoms with Gasteiger partial charge in [0, 0.05) is 12.3 Å². The summed E-state index contributed by atoms with van der Waals surface area (Å²) in [6.07, 6.45) is 6.29. The van der Waals surface area contributed by atoms with E-state index in [9.17, 15) is 4.79 Å². The molecule has 0 heterocycles. The Hall–Kier alpha value is -0.590. The van der Waals surface area contributed by atoms with E-state index in [1.54, 1.807) is 0 Å². The summed E-state index contributed by atoms with van der Waals surface area (Å²) >= 11 is 0. The van der Waals surface area contributed by atoms with Crippen molar-refractivity contribution in [3.05, 3.63) is 12.2 Å². The number of allylic oxidation sites excluding steroid dienone is 1. The summed E-state index contributed by atoms with van der Waals surface area (Å²) in [6, 6.07) is 0. The van der Waals surface area contributed by atoms with Crippen molar-refractivity contribution in [2.75, 3.05) is 0 Å². The molecule has 0 radical (unpaired) electrons. The second-order valence-corrected chi connectivity index (χ2v) is 6.21. The first-order valence-corrected chi connectivity index (χ1v) is 6.17. The largest absolute Gasteiger partial charge is 0.299 e. The lowest BCUT2D eigenvalue weighted by Crippen LogP contribution is -2.21. The van der Waals surface area contributed by atoms with Crippen molar-refractivity contribution in [2.45, 2.75) is 52.4 Å². The quantitative estimate of drug-likeness (QED) is 0.552. The number of Topliss-reactive ketones (excluding diaryl/α,β-unsaturated/α-hetero) is 1. The summed E-state index contributed by atoms with van der Waals surface area (Å²) in [6.45, 7) is 8.74. The lowest BCUT2D eigenvalue weighted by atomic mass is 9.82. The summed E-state index contributed by atoms with van der Waals surface area (Å²) in [5, 5.41) is 0. The van der Waals surface area contributed by atoms with Crippen molar-refractivity contribution in [3.8, 4) is 0 Å². The van der Waals surface area contributed by atoms with Crippen LogP contribution in [0.1, 0.15) is 52.4 Å². The fourth-order valence-corrected chi connectivity index (χ4v) is 3.46. The topological polar surface area (TPSA) is 17.1 Å². The van der Waals surface area contributed by atoms with Crippen LogP contribution in [0, 0.1) is 17.3 Å². The van der Waals surface area contributed by atoms with Crippen molar-refractivity contribution in [3.63, 3.8) is 0 Å². The van der Waals surface area contributed by atoms with Gasteiger partial charge < -0.3 is 0 Å². The monoisotopic (exact) mass is 206 g/mol. The smallest absolute Gasteiger partial charge is 0.136 e.